The fourth-order valence-corrected chi connectivity index (χ4v) is 2.79. The minimum atomic E-state index is -0.113. The Morgan fingerprint density at radius 2 is 2.22 bits per heavy atom. The highest BCUT2D eigenvalue weighted by Gasteiger charge is 2.33. The molecule has 0 aliphatic heterocycles. The molecule has 1 aromatic rings. The summed E-state index contributed by atoms with van der Waals surface area (Å²) in [5, 5.41) is 12.4. The predicted molar refractivity (Wildman–Crippen MR) is 72.3 cm³/mol. The van der Waals surface area contributed by atoms with Crippen molar-refractivity contribution in [3.05, 3.63) is 28.5 Å². The van der Waals surface area contributed by atoms with Gasteiger partial charge >= 0.3 is 0 Å². The molecule has 0 unspecified atom stereocenters. The molecule has 0 aromatic carbocycles. The number of aliphatic hydroxyl groups excluding tert-OH is 1. The monoisotopic (exact) mass is 312 g/mol. The van der Waals surface area contributed by atoms with Crippen LogP contribution in [0.5, 0.6) is 0 Å². The fourth-order valence-electron chi connectivity index (χ4n) is 2.43. The van der Waals surface area contributed by atoms with Crippen LogP contribution in [-0.4, -0.2) is 29.1 Å². The van der Waals surface area contributed by atoms with E-state index in [9.17, 15) is 9.90 Å². The van der Waals surface area contributed by atoms with Crippen molar-refractivity contribution in [1.82, 2.24) is 10.3 Å². The molecule has 0 bridgehead atoms. The van der Waals surface area contributed by atoms with E-state index >= 15 is 0 Å². The van der Waals surface area contributed by atoms with Crippen molar-refractivity contribution in [3.63, 3.8) is 0 Å². The molecule has 0 spiro atoms. The van der Waals surface area contributed by atoms with Gasteiger partial charge in [0.2, 0.25) is 0 Å². The largest absolute Gasteiger partial charge is 0.396 e. The lowest BCUT2D eigenvalue weighted by atomic mass is 9.87. The lowest BCUT2D eigenvalue weighted by molar-refractivity contribution is 0.0880. The second-order valence-corrected chi connectivity index (χ2v) is 5.73. The second-order valence-electron chi connectivity index (χ2n) is 4.92. The van der Waals surface area contributed by atoms with Gasteiger partial charge in [0, 0.05) is 23.7 Å². The van der Waals surface area contributed by atoms with Gasteiger partial charge in [0.15, 0.2) is 0 Å². The lowest BCUT2D eigenvalue weighted by Gasteiger charge is -2.26. The van der Waals surface area contributed by atoms with Gasteiger partial charge in [-0.3, -0.25) is 4.79 Å². The zero-order chi connectivity index (χ0) is 13.0. The van der Waals surface area contributed by atoms with Gasteiger partial charge < -0.3 is 10.4 Å². The SMILES string of the molecule is O=C(NCC1(CO)CCCC1)c1ccnc(Br)c1. The van der Waals surface area contributed by atoms with Crippen molar-refractivity contribution in [2.75, 3.05) is 13.2 Å². The average Bonchev–Trinajstić information content (AvgIpc) is 2.85. The molecule has 2 N–H and O–H groups in total. The maximum atomic E-state index is 12.0. The van der Waals surface area contributed by atoms with E-state index in [1.165, 1.54) is 0 Å². The van der Waals surface area contributed by atoms with E-state index in [2.05, 4.69) is 26.2 Å². The van der Waals surface area contributed by atoms with Crippen LogP contribution in [0.2, 0.25) is 0 Å². The number of hydrogen-bond donors (Lipinski definition) is 2. The number of rotatable bonds is 4. The number of carbonyl (C=O) groups is 1. The maximum Gasteiger partial charge on any atom is 0.251 e. The number of halogens is 1. The van der Waals surface area contributed by atoms with Crippen LogP contribution >= 0.6 is 15.9 Å². The van der Waals surface area contributed by atoms with Gasteiger partial charge in [0.05, 0.1) is 6.61 Å². The first kappa shape index (κ1) is 13.5. The molecule has 0 radical (unpaired) electrons. The van der Waals surface area contributed by atoms with E-state index in [-0.39, 0.29) is 17.9 Å². The van der Waals surface area contributed by atoms with Gasteiger partial charge in [-0.05, 0) is 40.9 Å². The van der Waals surface area contributed by atoms with E-state index < -0.39 is 0 Å². The number of aromatic nitrogens is 1. The van der Waals surface area contributed by atoms with Crippen molar-refractivity contribution in [2.45, 2.75) is 25.7 Å². The van der Waals surface area contributed by atoms with E-state index in [0.29, 0.717) is 16.7 Å². The quantitative estimate of drug-likeness (QED) is 0.837. The number of nitrogens with zero attached hydrogens (tertiary/aromatic N) is 1. The zero-order valence-corrected chi connectivity index (χ0v) is 11.7. The van der Waals surface area contributed by atoms with Gasteiger partial charge in [-0.2, -0.15) is 0 Å². The first-order valence-electron chi connectivity index (χ1n) is 6.16. The second kappa shape index (κ2) is 5.80. The van der Waals surface area contributed by atoms with Crippen molar-refractivity contribution < 1.29 is 9.90 Å². The molecule has 1 aliphatic rings. The molecule has 1 aromatic heterocycles. The van der Waals surface area contributed by atoms with Crippen LogP contribution in [0.3, 0.4) is 0 Å². The van der Waals surface area contributed by atoms with Crippen LogP contribution in [0.4, 0.5) is 0 Å². The summed E-state index contributed by atoms with van der Waals surface area (Å²) in [7, 11) is 0. The predicted octanol–water partition coefficient (Wildman–Crippen LogP) is 2.13. The molecule has 18 heavy (non-hydrogen) atoms. The Morgan fingerprint density at radius 1 is 1.50 bits per heavy atom. The molecule has 1 aliphatic carbocycles. The fraction of sp³-hybridized carbons (Fsp3) is 0.538. The van der Waals surface area contributed by atoms with Crippen LogP contribution in [0.15, 0.2) is 22.9 Å². The smallest absolute Gasteiger partial charge is 0.251 e. The van der Waals surface area contributed by atoms with Crippen molar-refractivity contribution in [2.24, 2.45) is 5.41 Å². The lowest BCUT2D eigenvalue weighted by Crippen LogP contribution is -2.38. The van der Waals surface area contributed by atoms with Crippen molar-refractivity contribution in [3.8, 4) is 0 Å². The number of nitrogens with one attached hydrogen (secondary N) is 1. The number of carbonyl (C=O) groups excluding carboxylic acids is 1. The Hall–Kier alpha value is -0.940. The molecule has 1 amide bonds. The summed E-state index contributed by atoms with van der Waals surface area (Å²) in [5.74, 6) is -0.113. The third-order valence-corrected chi connectivity index (χ3v) is 4.05. The van der Waals surface area contributed by atoms with Crippen LogP contribution in [-0.2, 0) is 0 Å². The molecule has 0 saturated heterocycles. The molecule has 1 heterocycles. The van der Waals surface area contributed by atoms with Crippen LogP contribution < -0.4 is 5.32 Å². The first-order valence-corrected chi connectivity index (χ1v) is 6.95. The molecule has 5 heteroatoms. The summed E-state index contributed by atoms with van der Waals surface area (Å²) < 4.78 is 0.646. The summed E-state index contributed by atoms with van der Waals surface area (Å²) in [6, 6.07) is 3.37. The molecule has 2 rings (SSSR count). The van der Waals surface area contributed by atoms with Gasteiger partial charge in [0.1, 0.15) is 4.60 Å². The highest BCUT2D eigenvalue weighted by Crippen LogP contribution is 2.36. The van der Waals surface area contributed by atoms with Crippen LogP contribution in [0.1, 0.15) is 36.0 Å². The first-order chi connectivity index (χ1) is 8.65. The Bertz CT molecular complexity index is 431. The molecule has 4 nitrogen and oxygen atoms in total. The summed E-state index contributed by atoms with van der Waals surface area (Å²) in [6.07, 6.45) is 5.85. The summed E-state index contributed by atoms with van der Waals surface area (Å²) in [6.45, 7) is 0.690. The molecule has 0 atom stereocenters. The average molecular weight is 313 g/mol. The van der Waals surface area contributed by atoms with Gasteiger partial charge in [-0.15, -0.1) is 0 Å². The van der Waals surface area contributed by atoms with E-state index in [4.69, 9.17) is 0 Å². The maximum absolute atomic E-state index is 12.0. The summed E-state index contributed by atoms with van der Waals surface area (Å²) in [5.41, 5.74) is 0.475. The zero-order valence-electron chi connectivity index (χ0n) is 10.2. The topological polar surface area (TPSA) is 62.2 Å². The Labute approximate surface area is 115 Å². The highest BCUT2D eigenvalue weighted by molar-refractivity contribution is 9.10. The van der Waals surface area contributed by atoms with Crippen molar-refractivity contribution in [1.29, 1.82) is 0 Å². The minimum absolute atomic E-state index is 0.111. The van der Waals surface area contributed by atoms with Gasteiger partial charge in [-0.1, -0.05) is 12.8 Å². The number of hydrogen-bond acceptors (Lipinski definition) is 3. The molecule has 98 valence electrons. The van der Waals surface area contributed by atoms with Crippen LogP contribution in [0, 0.1) is 5.41 Å². The number of amides is 1. The third kappa shape index (κ3) is 3.09. The van der Waals surface area contributed by atoms with E-state index in [1.54, 1.807) is 18.3 Å². The number of pyridine rings is 1. The summed E-state index contributed by atoms with van der Waals surface area (Å²) >= 11 is 3.24. The molecule has 1 fully saturated rings. The normalized spacial score (nSPS) is 17.7. The van der Waals surface area contributed by atoms with Gasteiger partial charge in [-0.25, -0.2) is 4.98 Å². The third-order valence-electron chi connectivity index (χ3n) is 3.61. The summed E-state index contributed by atoms with van der Waals surface area (Å²) in [4.78, 5) is 16.0. The minimum Gasteiger partial charge on any atom is -0.396 e. The molecule has 1 saturated carbocycles. The molecular formula is C13H17BrN2O2. The van der Waals surface area contributed by atoms with Crippen molar-refractivity contribution >= 4 is 21.8 Å². The molecular weight excluding hydrogens is 296 g/mol. The number of aliphatic hydroxyl groups is 1. The van der Waals surface area contributed by atoms with Gasteiger partial charge in [0.25, 0.3) is 5.91 Å². The Balaban J connectivity index is 1.96. The van der Waals surface area contributed by atoms with Crippen LogP contribution in [0.25, 0.3) is 0 Å². The highest BCUT2D eigenvalue weighted by atomic mass is 79.9. The van der Waals surface area contributed by atoms with E-state index in [1.807, 2.05) is 0 Å². The van der Waals surface area contributed by atoms with E-state index in [0.717, 1.165) is 25.7 Å². The standard InChI is InChI=1S/C13H17BrN2O2/c14-11-7-10(3-6-15-11)12(18)16-8-13(9-17)4-1-2-5-13/h3,6-7,17H,1-2,4-5,8-9H2,(H,16,18). The Kier molecular flexibility index (Phi) is 4.35. The Morgan fingerprint density at radius 3 is 2.83 bits per heavy atom.